The number of carbonyl (C=O) groups excluding carboxylic acids is 1. The van der Waals surface area contributed by atoms with Crippen LogP contribution >= 0.6 is 23.2 Å². The quantitative estimate of drug-likeness (QED) is 0.882. The maximum Gasteiger partial charge on any atom is 0.229 e. The van der Waals surface area contributed by atoms with E-state index < -0.39 is 0 Å². The van der Waals surface area contributed by atoms with E-state index in [2.05, 4.69) is 5.32 Å². The van der Waals surface area contributed by atoms with Crippen molar-refractivity contribution in [3.8, 4) is 0 Å². The molecular formula is C16H14Cl2N2O. The first-order chi connectivity index (χ1) is 10.1. The number of para-hydroxylation sites is 1. The molecule has 0 bridgehead atoms. The molecule has 3 rings (SSSR count). The van der Waals surface area contributed by atoms with Crippen LogP contribution < -0.4 is 10.2 Å². The van der Waals surface area contributed by atoms with Crippen LogP contribution in [0.15, 0.2) is 42.5 Å². The van der Waals surface area contributed by atoms with E-state index in [0.29, 0.717) is 16.5 Å². The van der Waals surface area contributed by atoms with Crippen LogP contribution in [0, 0.1) is 0 Å². The highest BCUT2D eigenvalue weighted by Gasteiger charge is 2.29. The number of nitrogens with one attached hydrogen (secondary N) is 1. The maximum absolute atomic E-state index is 12.1. The number of anilines is 2. The van der Waals surface area contributed by atoms with Gasteiger partial charge in [-0.15, -0.1) is 0 Å². The van der Waals surface area contributed by atoms with Crippen LogP contribution in [0.3, 0.4) is 0 Å². The third-order valence-corrected chi connectivity index (χ3v) is 4.25. The van der Waals surface area contributed by atoms with Gasteiger partial charge in [0.25, 0.3) is 0 Å². The lowest BCUT2D eigenvalue weighted by Gasteiger charge is -2.32. The molecule has 0 radical (unpaired) electrons. The number of fused-ring (bicyclic) bond motifs is 1. The Balaban J connectivity index is 1.98. The van der Waals surface area contributed by atoms with Gasteiger partial charge in [-0.1, -0.05) is 41.4 Å². The molecule has 5 heteroatoms. The Labute approximate surface area is 133 Å². The van der Waals surface area contributed by atoms with Crippen molar-refractivity contribution in [2.75, 3.05) is 17.3 Å². The number of hydrogen-bond acceptors (Lipinski definition) is 2. The van der Waals surface area contributed by atoms with E-state index in [1.165, 1.54) is 0 Å². The number of carbonyl (C=O) groups is 1. The molecule has 108 valence electrons. The molecule has 0 aliphatic carbocycles. The van der Waals surface area contributed by atoms with Crippen molar-refractivity contribution in [3.05, 3.63) is 58.1 Å². The number of benzene rings is 2. The minimum Gasteiger partial charge on any atom is -0.376 e. The van der Waals surface area contributed by atoms with Crippen LogP contribution in [-0.4, -0.2) is 13.0 Å². The summed E-state index contributed by atoms with van der Waals surface area (Å²) in [4.78, 5) is 13.8. The summed E-state index contributed by atoms with van der Waals surface area (Å²) in [7, 11) is 1.80. The standard InChI is InChI=1S/C16H14Cl2N2O/c1-20-15-5-3-2-4-11(15)13(9-16(20)21)19-14-8-10(17)6-7-12(14)18/h2-8,13,19H,9H2,1H3. The van der Waals surface area contributed by atoms with E-state index in [0.717, 1.165) is 16.9 Å². The highest BCUT2D eigenvalue weighted by molar-refractivity contribution is 6.35. The van der Waals surface area contributed by atoms with Gasteiger partial charge in [-0.3, -0.25) is 4.79 Å². The van der Waals surface area contributed by atoms with Crippen molar-refractivity contribution < 1.29 is 4.79 Å². The summed E-state index contributed by atoms with van der Waals surface area (Å²) in [6.07, 6.45) is 0.385. The molecule has 1 aliphatic rings. The average molecular weight is 321 g/mol. The molecule has 1 aliphatic heterocycles. The minimum absolute atomic E-state index is 0.0735. The number of hydrogen-bond donors (Lipinski definition) is 1. The summed E-state index contributed by atoms with van der Waals surface area (Å²) in [5, 5.41) is 4.53. The molecule has 0 saturated carbocycles. The van der Waals surface area contributed by atoms with Crippen molar-refractivity contribution in [1.29, 1.82) is 0 Å². The highest BCUT2D eigenvalue weighted by Crippen LogP contribution is 2.37. The van der Waals surface area contributed by atoms with Gasteiger partial charge in [-0.05, 0) is 29.8 Å². The molecule has 3 nitrogen and oxygen atoms in total. The number of amides is 1. The number of rotatable bonds is 2. The van der Waals surface area contributed by atoms with Gasteiger partial charge in [0.1, 0.15) is 0 Å². The lowest BCUT2D eigenvalue weighted by Crippen LogP contribution is -2.35. The van der Waals surface area contributed by atoms with E-state index in [9.17, 15) is 4.79 Å². The second-order valence-corrected chi connectivity index (χ2v) is 5.88. The zero-order valence-electron chi connectivity index (χ0n) is 11.4. The van der Waals surface area contributed by atoms with E-state index in [1.807, 2.05) is 24.3 Å². The highest BCUT2D eigenvalue weighted by atomic mass is 35.5. The van der Waals surface area contributed by atoms with E-state index in [-0.39, 0.29) is 11.9 Å². The van der Waals surface area contributed by atoms with Gasteiger partial charge >= 0.3 is 0 Å². The third kappa shape index (κ3) is 2.71. The minimum atomic E-state index is -0.110. The summed E-state index contributed by atoms with van der Waals surface area (Å²) < 4.78 is 0. The van der Waals surface area contributed by atoms with Crippen LogP contribution in [0.5, 0.6) is 0 Å². The molecule has 1 heterocycles. The van der Waals surface area contributed by atoms with Crippen molar-refractivity contribution in [3.63, 3.8) is 0 Å². The Kier molecular flexibility index (Phi) is 3.79. The first kappa shape index (κ1) is 14.2. The molecule has 1 atom stereocenters. The first-order valence-electron chi connectivity index (χ1n) is 6.63. The number of nitrogens with zero attached hydrogens (tertiary/aromatic N) is 1. The van der Waals surface area contributed by atoms with E-state index in [1.54, 1.807) is 30.1 Å². The Morgan fingerprint density at radius 2 is 1.95 bits per heavy atom. The second-order valence-electron chi connectivity index (χ2n) is 5.04. The number of halogens is 2. The second kappa shape index (κ2) is 5.58. The summed E-state index contributed by atoms with van der Waals surface area (Å²) in [6.45, 7) is 0. The van der Waals surface area contributed by atoms with Gasteiger partial charge in [-0.2, -0.15) is 0 Å². The van der Waals surface area contributed by atoms with Gasteiger partial charge < -0.3 is 10.2 Å². The topological polar surface area (TPSA) is 32.3 Å². The lowest BCUT2D eigenvalue weighted by molar-refractivity contribution is -0.118. The summed E-state index contributed by atoms with van der Waals surface area (Å²) >= 11 is 12.2. The molecule has 0 aromatic heterocycles. The van der Waals surface area contributed by atoms with E-state index in [4.69, 9.17) is 23.2 Å². The normalized spacial score (nSPS) is 17.6. The summed E-state index contributed by atoms with van der Waals surface area (Å²) in [5.74, 6) is 0.0735. The van der Waals surface area contributed by atoms with Crippen LogP contribution in [0.25, 0.3) is 0 Å². The fourth-order valence-corrected chi connectivity index (χ4v) is 2.91. The van der Waals surface area contributed by atoms with Crippen molar-refractivity contribution in [1.82, 2.24) is 0 Å². The lowest BCUT2D eigenvalue weighted by atomic mass is 9.96. The Bertz CT molecular complexity index is 702. The predicted octanol–water partition coefficient (Wildman–Crippen LogP) is 4.51. The van der Waals surface area contributed by atoms with Crippen LogP contribution in [-0.2, 0) is 4.79 Å². The van der Waals surface area contributed by atoms with Crippen molar-refractivity contribution >= 4 is 40.5 Å². The molecule has 1 unspecified atom stereocenters. The molecule has 1 N–H and O–H groups in total. The Morgan fingerprint density at radius 3 is 2.76 bits per heavy atom. The zero-order valence-corrected chi connectivity index (χ0v) is 12.9. The van der Waals surface area contributed by atoms with Crippen LogP contribution in [0.4, 0.5) is 11.4 Å². The summed E-state index contributed by atoms with van der Waals surface area (Å²) in [5.41, 5.74) is 2.74. The fourth-order valence-electron chi connectivity index (χ4n) is 2.57. The largest absolute Gasteiger partial charge is 0.376 e. The molecular weight excluding hydrogens is 307 g/mol. The molecule has 0 spiro atoms. The van der Waals surface area contributed by atoms with Crippen LogP contribution in [0.2, 0.25) is 10.0 Å². The SMILES string of the molecule is CN1C(=O)CC(Nc2cc(Cl)ccc2Cl)c2ccccc21. The Morgan fingerprint density at radius 1 is 1.19 bits per heavy atom. The van der Waals surface area contributed by atoms with Crippen LogP contribution in [0.1, 0.15) is 18.0 Å². The third-order valence-electron chi connectivity index (χ3n) is 3.68. The molecule has 0 fully saturated rings. The van der Waals surface area contributed by atoms with Gasteiger partial charge in [0, 0.05) is 17.8 Å². The smallest absolute Gasteiger partial charge is 0.229 e. The molecule has 1 amide bonds. The average Bonchev–Trinajstić information content (AvgIpc) is 2.48. The fraction of sp³-hybridized carbons (Fsp3) is 0.188. The van der Waals surface area contributed by atoms with Crippen molar-refractivity contribution in [2.24, 2.45) is 0 Å². The van der Waals surface area contributed by atoms with Gasteiger partial charge in [-0.25, -0.2) is 0 Å². The van der Waals surface area contributed by atoms with E-state index >= 15 is 0 Å². The van der Waals surface area contributed by atoms with Gasteiger partial charge in [0.05, 0.1) is 23.2 Å². The predicted molar refractivity (Wildman–Crippen MR) is 87.3 cm³/mol. The zero-order chi connectivity index (χ0) is 15.0. The monoisotopic (exact) mass is 320 g/mol. The molecule has 0 saturated heterocycles. The summed E-state index contributed by atoms with van der Waals surface area (Å²) in [6, 6.07) is 13.0. The Hall–Kier alpha value is -1.71. The van der Waals surface area contributed by atoms with Gasteiger partial charge in [0.2, 0.25) is 5.91 Å². The first-order valence-corrected chi connectivity index (χ1v) is 7.39. The van der Waals surface area contributed by atoms with Gasteiger partial charge in [0.15, 0.2) is 0 Å². The molecule has 2 aromatic rings. The van der Waals surface area contributed by atoms with Crippen molar-refractivity contribution in [2.45, 2.75) is 12.5 Å². The molecule has 21 heavy (non-hydrogen) atoms. The maximum atomic E-state index is 12.1. The molecule has 2 aromatic carbocycles.